The summed E-state index contributed by atoms with van der Waals surface area (Å²) in [6, 6.07) is 14.1. The van der Waals surface area contributed by atoms with Crippen LogP contribution >= 0.6 is 27.3 Å². The normalized spacial score (nSPS) is 12.6. The Morgan fingerprint density at radius 2 is 2.00 bits per heavy atom. The second-order valence-electron chi connectivity index (χ2n) is 4.55. The van der Waals surface area contributed by atoms with Crippen LogP contribution in [-0.4, -0.2) is 7.11 Å². The molecule has 1 aromatic heterocycles. The highest BCUT2D eigenvalue weighted by atomic mass is 79.9. The molecular formula is C16H14BrNOS. The third-order valence-electron chi connectivity index (χ3n) is 3.38. The van der Waals surface area contributed by atoms with Crippen molar-refractivity contribution in [3.8, 4) is 5.75 Å². The summed E-state index contributed by atoms with van der Waals surface area (Å²) in [5.74, 6) is 0.817. The van der Waals surface area contributed by atoms with Gasteiger partial charge < -0.3 is 10.5 Å². The van der Waals surface area contributed by atoms with Gasteiger partial charge in [-0.25, -0.2) is 0 Å². The largest absolute Gasteiger partial charge is 0.497 e. The molecule has 0 saturated carbocycles. The number of halogens is 1. The maximum absolute atomic E-state index is 6.49. The maximum atomic E-state index is 6.49. The number of ether oxygens (including phenoxy) is 1. The third-order valence-corrected chi connectivity index (χ3v) is 5.08. The molecule has 1 atom stereocenters. The molecule has 0 fully saturated rings. The predicted octanol–water partition coefficient (Wildman–Crippen LogP) is 4.72. The van der Waals surface area contributed by atoms with Crippen molar-refractivity contribution >= 4 is 37.4 Å². The van der Waals surface area contributed by atoms with Crippen LogP contribution in [0, 0.1) is 0 Å². The summed E-state index contributed by atoms with van der Waals surface area (Å²) >= 11 is 5.31. The Balaban J connectivity index is 2.12. The zero-order chi connectivity index (χ0) is 14.1. The van der Waals surface area contributed by atoms with Crippen LogP contribution in [0.15, 0.2) is 52.3 Å². The van der Waals surface area contributed by atoms with Crippen LogP contribution in [0.2, 0.25) is 0 Å². The van der Waals surface area contributed by atoms with Crippen molar-refractivity contribution in [2.75, 3.05) is 7.11 Å². The van der Waals surface area contributed by atoms with Gasteiger partial charge in [-0.1, -0.05) is 34.1 Å². The molecule has 20 heavy (non-hydrogen) atoms. The topological polar surface area (TPSA) is 35.2 Å². The molecular weight excluding hydrogens is 334 g/mol. The number of benzene rings is 2. The summed E-state index contributed by atoms with van der Waals surface area (Å²) in [6.07, 6.45) is 0. The molecule has 2 aromatic carbocycles. The van der Waals surface area contributed by atoms with Crippen LogP contribution in [0.4, 0.5) is 0 Å². The van der Waals surface area contributed by atoms with Crippen LogP contribution in [0.25, 0.3) is 10.1 Å². The second kappa shape index (κ2) is 5.56. The van der Waals surface area contributed by atoms with E-state index in [2.05, 4.69) is 45.6 Å². The van der Waals surface area contributed by atoms with E-state index in [1.165, 1.54) is 10.1 Å². The lowest BCUT2D eigenvalue weighted by Gasteiger charge is -2.16. The number of hydrogen-bond acceptors (Lipinski definition) is 3. The average molecular weight is 348 g/mol. The Morgan fingerprint density at radius 3 is 2.80 bits per heavy atom. The maximum Gasteiger partial charge on any atom is 0.119 e. The summed E-state index contributed by atoms with van der Waals surface area (Å²) in [6.45, 7) is 0. The fourth-order valence-corrected chi connectivity index (χ4v) is 3.76. The quantitative estimate of drug-likeness (QED) is 0.743. The van der Waals surface area contributed by atoms with Gasteiger partial charge in [0.1, 0.15) is 5.75 Å². The van der Waals surface area contributed by atoms with Crippen molar-refractivity contribution in [3.63, 3.8) is 0 Å². The monoisotopic (exact) mass is 347 g/mol. The number of nitrogens with two attached hydrogens (primary N) is 1. The summed E-state index contributed by atoms with van der Waals surface area (Å²) in [7, 11) is 1.67. The summed E-state index contributed by atoms with van der Waals surface area (Å²) in [5.41, 5.74) is 8.66. The minimum Gasteiger partial charge on any atom is -0.497 e. The number of hydrogen-bond donors (Lipinski definition) is 1. The third kappa shape index (κ3) is 2.35. The molecule has 0 spiro atoms. The highest BCUT2D eigenvalue weighted by Gasteiger charge is 2.16. The Labute approximate surface area is 130 Å². The van der Waals surface area contributed by atoms with Crippen molar-refractivity contribution < 1.29 is 4.74 Å². The molecule has 2 nitrogen and oxygen atoms in total. The van der Waals surface area contributed by atoms with Gasteiger partial charge in [0.2, 0.25) is 0 Å². The van der Waals surface area contributed by atoms with Crippen molar-refractivity contribution in [3.05, 3.63) is 63.4 Å². The number of methoxy groups -OCH3 is 1. The SMILES string of the molecule is COc1ccc(Br)c(C(N)c2cccc3ccsc23)c1. The molecule has 3 rings (SSSR count). The van der Waals surface area contributed by atoms with E-state index in [9.17, 15) is 0 Å². The molecule has 0 aliphatic rings. The van der Waals surface area contributed by atoms with Crippen LogP contribution in [0.5, 0.6) is 5.75 Å². The van der Waals surface area contributed by atoms with Crippen molar-refractivity contribution in [1.29, 1.82) is 0 Å². The van der Waals surface area contributed by atoms with Gasteiger partial charge in [-0.2, -0.15) is 0 Å². The first kappa shape index (κ1) is 13.6. The van der Waals surface area contributed by atoms with Crippen LogP contribution in [0.1, 0.15) is 17.2 Å². The highest BCUT2D eigenvalue weighted by molar-refractivity contribution is 9.10. The number of rotatable bonds is 3. The molecule has 0 radical (unpaired) electrons. The molecule has 1 heterocycles. The predicted molar refractivity (Wildman–Crippen MR) is 88.5 cm³/mol. The summed E-state index contributed by atoms with van der Waals surface area (Å²) in [4.78, 5) is 0. The Bertz CT molecular complexity index is 753. The van der Waals surface area contributed by atoms with Crippen LogP contribution in [0.3, 0.4) is 0 Å². The first-order valence-electron chi connectivity index (χ1n) is 6.26. The van der Waals surface area contributed by atoms with Gasteiger partial charge in [-0.3, -0.25) is 0 Å². The van der Waals surface area contributed by atoms with Gasteiger partial charge in [0.25, 0.3) is 0 Å². The van der Waals surface area contributed by atoms with E-state index in [0.717, 1.165) is 21.3 Å². The van der Waals surface area contributed by atoms with Crippen molar-refractivity contribution in [2.45, 2.75) is 6.04 Å². The standard InChI is InChI=1S/C16H14BrNOS/c1-19-11-5-6-14(17)13(9-11)15(18)12-4-2-3-10-7-8-20-16(10)12/h2-9,15H,18H2,1H3. The first-order chi connectivity index (χ1) is 9.70. The lowest BCUT2D eigenvalue weighted by atomic mass is 9.98. The van der Waals surface area contributed by atoms with Gasteiger partial charge in [-0.05, 0) is 46.2 Å². The fourth-order valence-electron chi connectivity index (χ4n) is 2.32. The minimum absolute atomic E-state index is 0.179. The Morgan fingerprint density at radius 1 is 1.15 bits per heavy atom. The van der Waals surface area contributed by atoms with Crippen molar-refractivity contribution in [1.82, 2.24) is 0 Å². The fraction of sp³-hybridized carbons (Fsp3) is 0.125. The molecule has 0 aliphatic carbocycles. The van der Waals surface area contributed by atoms with Crippen molar-refractivity contribution in [2.24, 2.45) is 5.73 Å². The first-order valence-corrected chi connectivity index (χ1v) is 7.93. The number of thiophene rings is 1. The molecule has 1 unspecified atom stereocenters. The average Bonchev–Trinajstić information content (AvgIpc) is 2.95. The molecule has 0 aliphatic heterocycles. The molecule has 0 bridgehead atoms. The second-order valence-corrected chi connectivity index (χ2v) is 6.32. The summed E-state index contributed by atoms with van der Waals surface area (Å²) < 4.78 is 7.54. The van der Waals surface area contributed by atoms with Gasteiger partial charge in [-0.15, -0.1) is 11.3 Å². The lowest BCUT2D eigenvalue weighted by molar-refractivity contribution is 0.414. The molecule has 3 aromatic rings. The number of fused-ring (bicyclic) bond motifs is 1. The minimum atomic E-state index is -0.179. The smallest absolute Gasteiger partial charge is 0.119 e. The van der Waals surface area contributed by atoms with E-state index in [0.29, 0.717) is 0 Å². The van der Waals surface area contributed by atoms with Gasteiger partial charge in [0, 0.05) is 9.17 Å². The Kier molecular flexibility index (Phi) is 3.78. The molecule has 0 saturated heterocycles. The van der Waals surface area contributed by atoms with E-state index >= 15 is 0 Å². The van der Waals surface area contributed by atoms with E-state index in [-0.39, 0.29) is 6.04 Å². The molecule has 2 N–H and O–H groups in total. The van der Waals surface area contributed by atoms with E-state index < -0.39 is 0 Å². The highest BCUT2D eigenvalue weighted by Crippen LogP contribution is 2.35. The summed E-state index contributed by atoms with van der Waals surface area (Å²) in [5, 5.41) is 3.34. The zero-order valence-corrected chi connectivity index (χ0v) is 13.4. The lowest BCUT2D eigenvalue weighted by Crippen LogP contribution is -2.12. The molecule has 4 heteroatoms. The van der Waals surface area contributed by atoms with Crippen LogP contribution in [-0.2, 0) is 0 Å². The van der Waals surface area contributed by atoms with Crippen LogP contribution < -0.4 is 10.5 Å². The molecule has 0 amide bonds. The molecule has 102 valence electrons. The van der Waals surface area contributed by atoms with Gasteiger partial charge in [0.15, 0.2) is 0 Å². The van der Waals surface area contributed by atoms with E-state index in [1.54, 1.807) is 18.4 Å². The van der Waals surface area contributed by atoms with E-state index in [1.807, 2.05) is 18.2 Å². The van der Waals surface area contributed by atoms with Gasteiger partial charge in [0.05, 0.1) is 13.2 Å². The van der Waals surface area contributed by atoms with E-state index in [4.69, 9.17) is 10.5 Å². The van der Waals surface area contributed by atoms with Gasteiger partial charge >= 0.3 is 0 Å². The Hall–Kier alpha value is -1.36. The zero-order valence-electron chi connectivity index (χ0n) is 11.0.